The van der Waals surface area contributed by atoms with Gasteiger partial charge in [0.15, 0.2) is 0 Å². The van der Waals surface area contributed by atoms with Crippen LogP contribution in [-0.4, -0.2) is 26.6 Å². The van der Waals surface area contributed by atoms with Crippen LogP contribution in [0, 0.1) is 13.8 Å². The molecule has 0 saturated heterocycles. The first-order chi connectivity index (χ1) is 13.0. The topological polar surface area (TPSA) is 66.5 Å². The van der Waals surface area contributed by atoms with Crippen LogP contribution in [0.2, 0.25) is 5.02 Å². The second-order valence-corrected chi connectivity index (χ2v) is 9.34. The molecule has 0 heterocycles. The molecule has 0 saturated carbocycles. The lowest BCUT2D eigenvalue weighted by atomic mass is 9.97. The van der Waals surface area contributed by atoms with Crippen molar-refractivity contribution in [3.63, 3.8) is 0 Å². The number of amides is 1. The summed E-state index contributed by atoms with van der Waals surface area (Å²) in [4.78, 5) is 12.9. The van der Waals surface area contributed by atoms with Gasteiger partial charge in [0.2, 0.25) is 15.9 Å². The molecule has 2 atom stereocenters. The van der Waals surface area contributed by atoms with E-state index in [9.17, 15) is 13.2 Å². The summed E-state index contributed by atoms with van der Waals surface area (Å²) in [5, 5.41) is 3.50. The Morgan fingerprint density at radius 1 is 1.14 bits per heavy atom. The summed E-state index contributed by atoms with van der Waals surface area (Å²) < 4.78 is 25.9. The van der Waals surface area contributed by atoms with Crippen molar-refractivity contribution in [1.29, 1.82) is 0 Å². The van der Waals surface area contributed by atoms with Crippen molar-refractivity contribution < 1.29 is 13.2 Å². The number of carbonyl (C=O) groups excluding carboxylic acids is 1. The maximum atomic E-state index is 12.9. The summed E-state index contributed by atoms with van der Waals surface area (Å²) in [5.74, 6) is -0.354. The number of halogens is 1. The maximum absolute atomic E-state index is 12.9. The number of hydrogen-bond donors (Lipinski definition) is 1. The van der Waals surface area contributed by atoms with Crippen molar-refractivity contribution in [3.8, 4) is 0 Å². The van der Waals surface area contributed by atoms with Crippen LogP contribution < -0.4 is 9.62 Å². The minimum absolute atomic E-state index is 0.192. The Labute approximate surface area is 172 Å². The number of hydrogen-bond acceptors (Lipinski definition) is 3. The lowest BCUT2D eigenvalue weighted by Crippen LogP contribution is -2.48. The van der Waals surface area contributed by atoms with Crippen molar-refractivity contribution in [2.75, 3.05) is 10.6 Å². The molecule has 0 aliphatic carbocycles. The van der Waals surface area contributed by atoms with Gasteiger partial charge in [-0.2, -0.15) is 0 Å². The highest BCUT2D eigenvalue weighted by Gasteiger charge is 2.30. The van der Waals surface area contributed by atoms with E-state index in [1.54, 1.807) is 31.2 Å². The number of sulfonamides is 1. The molecule has 28 heavy (non-hydrogen) atoms. The second-order valence-electron chi connectivity index (χ2n) is 7.04. The van der Waals surface area contributed by atoms with Crippen molar-refractivity contribution >= 4 is 33.2 Å². The van der Waals surface area contributed by atoms with Crippen LogP contribution in [0.3, 0.4) is 0 Å². The summed E-state index contributed by atoms with van der Waals surface area (Å²) >= 11 is 5.91. The first kappa shape index (κ1) is 22.2. The van der Waals surface area contributed by atoms with E-state index in [4.69, 9.17) is 11.6 Å². The zero-order valence-electron chi connectivity index (χ0n) is 16.9. The van der Waals surface area contributed by atoms with Gasteiger partial charge in [-0.15, -0.1) is 0 Å². The van der Waals surface area contributed by atoms with Crippen molar-refractivity contribution in [3.05, 3.63) is 64.2 Å². The fraction of sp³-hybridized carbons (Fsp3) is 0.381. The predicted octanol–water partition coefficient (Wildman–Crippen LogP) is 4.38. The number of nitrogens with one attached hydrogen (secondary N) is 1. The molecule has 0 aliphatic heterocycles. The van der Waals surface area contributed by atoms with Gasteiger partial charge in [0.25, 0.3) is 0 Å². The van der Waals surface area contributed by atoms with E-state index in [2.05, 4.69) is 11.4 Å². The molecule has 2 aromatic carbocycles. The van der Waals surface area contributed by atoms with E-state index in [0.717, 1.165) is 27.3 Å². The van der Waals surface area contributed by atoms with Gasteiger partial charge >= 0.3 is 0 Å². The van der Waals surface area contributed by atoms with Gasteiger partial charge in [-0.25, -0.2) is 8.42 Å². The molecule has 5 nitrogen and oxygen atoms in total. The first-order valence-electron chi connectivity index (χ1n) is 9.17. The van der Waals surface area contributed by atoms with Gasteiger partial charge in [-0.1, -0.05) is 42.3 Å². The minimum Gasteiger partial charge on any atom is -0.347 e. The maximum Gasteiger partial charge on any atom is 0.244 e. The minimum atomic E-state index is -3.67. The zero-order valence-corrected chi connectivity index (χ0v) is 18.4. The van der Waals surface area contributed by atoms with Gasteiger partial charge in [0.05, 0.1) is 18.0 Å². The number of anilines is 1. The summed E-state index contributed by atoms with van der Waals surface area (Å²) in [5.41, 5.74) is 3.68. The molecule has 2 rings (SSSR count). The molecule has 152 valence electrons. The molecular formula is C21H27ClN2O3S. The molecule has 0 fully saturated rings. The molecule has 0 aromatic heterocycles. The van der Waals surface area contributed by atoms with Crippen LogP contribution in [0.15, 0.2) is 42.5 Å². The summed E-state index contributed by atoms with van der Waals surface area (Å²) in [6.07, 6.45) is 1.79. The molecule has 7 heteroatoms. The molecule has 0 spiro atoms. The third kappa shape index (κ3) is 5.26. The SMILES string of the molecule is CCC(NC(=O)C(C)N(c1ccc(Cl)cc1)S(C)(=O)=O)c1ccc(C)cc1C. The molecule has 1 N–H and O–H groups in total. The van der Waals surface area contributed by atoms with Crippen LogP contribution in [0.25, 0.3) is 0 Å². The normalized spacial score (nSPS) is 13.6. The van der Waals surface area contributed by atoms with Crippen molar-refractivity contribution in [1.82, 2.24) is 5.32 Å². The fourth-order valence-electron chi connectivity index (χ4n) is 3.31. The standard InChI is InChI=1S/C21H27ClN2O3S/c1-6-20(19-12-7-14(2)13-15(19)3)23-21(25)16(4)24(28(5,26)27)18-10-8-17(22)9-11-18/h7-13,16,20H,6H2,1-5H3,(H,23,25). The Bertz CT molecular complexity index is 943. The monoisotopic (exact) mass is 422 g/mol. The highest BCUT2D eigenvalue weighted by molar-refractivity contribution is 7.92. The highest BCUT2D eigenvalue weighted by atomic mass is 35.5. The molecule has 0 radical (unpaired) electrons. The van der Waals surface area contributed by atoms with E-state index in [1.165, 1.54) is 0 Å². The van der Waals surface area contributed by atoms with E-state index < -0.39 is 16.1 Å². The summed E-state index contributed by atoms with van der Waals surface area (Å²) in [7, 11) is -3.67. The summed E-state index contributed by atoms with van der Waals surface area (Å²) in [6.45, 7) is 7.60. The van der Waals surface area contributed by atoms with Gasteiger partial charge < -0.3 is 5.32 Å². The Kier molecular flexibility index (Phi) is 7.12. The second kappa shape index (κ2) is 8.97. The molecule has 1 amide bonds. The number of rotatable bonds is 7. The van der Waals surface area contributed by atoms with Crippen LogP contribution >= 0.6 is 11.6 Å². The Balaban J connectivity index is 2.30. The van der Waals surface area contributed by atoms with Gasteiger partial charge in [-0.05, 0) is 62.6 Å². The number of nitrogens with zero attached hydrogens (tertiary/aromatic N) is 1. The highest BCUT2D eigenvalue weighted by Crippen LogP contribution is 2.25. The van der Waals surface area contributed by atoms with Crippen molar-refractivity contribution in [2.24, 2.45) is 0 Å². The molecule has 2 aromatic rings. The molecule has 2 unspecified atom stereocenters. The zero-order chi connectivity index (χ0) is 21.1. The summed E-state index contributed by atoms with van der Waals surface area (Å²) in [6, 6.07) is 11.4. The average molecular weight is 423 g/mol. The smallest absolute Gasteiger partial charge is 0.244 e. The predicted molar refractivity (Wildman–Crippen MR) is 115 cm³/mol. The van der Waals surface area contributed by atoms with Gasteiger partial charge in [0, 0.05) is 5.02 Å². The quantitative estimate of drug-likeness (QED) is 0.720. The van der Waals surface area contributed by atoms with Crippen LogP contribution in [-0.2, 0) is 14.8 Å². The average Bonchev–Trinajstić information content (AvgIpc) is 2.60. The van der Waals surface area contributed by atoms with Gasteiger partial charge in [0.1, 0.15) is 6.04 Å². The van der Waals surface area contributed by atoms with E-state index in [0.29, 0.717) is 17.1 Å². The lowest BCUT2D eigenvalue weighted by molar-refractivity contribution is -0.122. The first-order valence-corrected chi connectivity index (χ1v) is 11.4. The van der Waals surface area contributed by atoms with E-state index in [-0.39, 0.29) is 11.9 Å². The van der Waals surface area contributed by atoms with E-state index in [1.807, 2.05) is 32.9 Å². The van der Waals surface area contributed by atoms with Crippen LogP contribution in [0.1, 0.15) is 43.0 Å². The van der Waals surface area contributed by atoms with Crippen LogP contribution in [0.5, 0.6) is 0 Å². The number of benzene rings is 2. The van der Waals surface area contributed by atoms with Gasteiger partial charge in [-0.3, -0.25) is 9.10 Å². The largest absolute Gasteiger partial charge is 0.347 e. The van der Waals surface area contributed by atoms with Crippen molar-refractivity contribution in [2.45, 2.75) is 46.2 Å². The number of carbonyl (C=O) groups is 1. The van der Waals surface area contributed by atoms with E-state index >= 15 is 0 Å². The third-order valence-corrected chi connectivity index (χ3v) is 6.19. The van der Waals surface area contributed by atoms with Crippen LogP contribution in [0.4, 0.5) is 5.69 Å². The Hall–Kier alpha value is -2.05. The molecular weight excluding hydrogens is 396 g/mol. The third-order valence-electron chi connectivity index (χ3n) is 4.70. The molecule has 0 bridgehead atoms. The lowest BCUT2D eigenvalue weighted by Gasteiger charge is -2.30. The number of aryl methyl sites for hydroxylation is 2. The fourth-order valence-corrected chi connectivity index (χ4v) is 4.61. The Morgan fingerprint density at radius 3 is 2.25 bits per heavy atom. The Morgan fingerprint density at radius 2 is 1.75 bits per heavy atom. The molecule has 0 aliphatic rings.